The highest BCUT2D eigenvalue weighted by molar-refractivity contribution is 5.85. The van der Waals surface area contributed by atoms with Gasteiger partial charge in [0.2, 0.25) is 5.91 Å². The molecule has 3 unspecified atom stereocenters. The molecule has 1 N–H and O–H groups in total. The first-order chi connectivity index (χ1) is 7.59. The molecule has 17 heavy (non-hydrogen) atoms. The Kier molecular flexibility index (Phi) is 3.43. The third-order valence-electron chi connectivity index (χ3n) is 5.06. The van der Waals surface area contributed by atoms with Crippen LogP contribution in [0.5, 0.6) is 0 Å². The fourth-order valence-corrected chi connectivity index (χ4v) is 3.61. The Hall–Kier alpha value is -0.280. The number of hydrogen-bond donors (Lipinski definition) is 1. The van der Waals surface area contributed by atoms with Crippen LogP contribution in [0.1, 0.15) is 33.1 Å². The van der Waals surface area contributed by atoms with E-state index >= 15 is 0 Å². The number of fused-ring (bicyclic) bond motifs is 1. The third-order valence-corrected chi connectivity index (χ3v) is 5.06. The molecule has 98 valence electrons. The Balaban J connectivity index is 0.00000108. The minimum atomic E-state index is 0. The molecule has 2 heterocycles. The van der Waals surface area contributed by atoms with E-state index in [0.717, 1.165) is 37.9 Å². The zero-order chi connectivity index (χ0) is 11.3. The van der Waals surface area contributed by atoms with Crippen molar-refractivity contribution in [2.24, 2.45) is 17.3 Å². The normalized spacial score (nSPS) is 37.5. The van der Waals surface area contributed by atoms with Gasteiger partial charge in [-0.05, 0) is 36.6 Å². The van der Waals surface area contributed by atoms with E-state index < -0.39 is 0 Å². The summed E-state index contributed by atoms with van der Waals surface area (Å²) in [6, 6.07) is 0.456. The van der Waals surface area contributed by atoms with Crippen LogP contribution in [0.2, 0.25) is 0 Å². The summed E-state index contributed by atoms with van der Waals surface area (Å²) in [5.74, 6) is 1.95. The molecule has 3 fully saturated rings. The molecular weight excluding hydrogens is 236 g/mol. The topological polar surface area (TPSA) is 32.3 Å². The molecule has 0 aromatic heterocycles. The Morgan fingerprint density at radius 3 is 2.53 bits per heavy atom. The van der Waals surface area contributed by atoms with Crippen LogP contribution in [-0.4, -0.2) is 36.5 Å². The number of rotatable bonds is 2. The number of hydrogen-bond acceptors (Lipinski definition) is 2. The molecular formula is C13H23ClN2O. The second kappa shape index (κ2) is 4.43. The summed E-state index contributed by atoms with van der Waals surface area (Å²) in [4.78, 5) is 14.2. The first-order valence-electron chi connectivity index (χ1n) is 6.60. The first-order valence-corrected chi connectivity index (χ1v) is 6.60. The summed E-state index contributed by atoms with van der Waals surface area (Å²) in [5.41, 5.74) is 0.516. The van der Waals surface area contributed by atoms with Crippen LogP contribution in [-0.2, 0) is 4.79 Å². The fraction of sp³-hybridized carbons (Fsp3) is 0.923. The van der Waals surface area contributed by atoms with Crippen LogP contribution in [0.15, 0.2) is 0 Å². The molecule has 2 aliphatic heterocycles. The van der Waals surface area contributed by atoms with E-state index in [2.05, 4.69) is 24.1 Å². The molecule has 0 aromatic rings. The van der Waals surface area contributed by atoms with Gasteiger partial charge in [0.25, 0.3) is 0 Å². The van der Waals surface area contributed by atoms with Crippen molar-refractivity contribution in [1.29, 1.82) is 0 Å². The lowest BCUT2D eigenvalue weighted by molar-refractivity contribution is -0.131. The molecule has 0 bridgehead atoms. The van der Waals surface area contributed by atoms with E-state index in [9.17, 15) is 4.79 Å². The highest BCUT2D eigenvalue weighted by atomic mass is 35.5. The highest BCUT2D eigenvalue weighted by Crippen LogP contribution is 2.61. The van der Waals surface area contributed by atoms with Gasteiger partial charge in [0.15, 0.2) is 0 Å². The first kappa shape index (κ1) is 13.2. The molecule has 1 amide bonds. The van der Waals surface area contributed by atoms with Gasteiger partial charge in [0.05, 0.1) is 0 Å². The molecule has 4 heteroatoms. The van der Waals surface area contributed by atoms with Gasteiger partial charge in [-0.1, -0.05) is 13.8 Å². The lowest BCUT2D eigenvalue weighted by atomic mass is 10.1. The maximum Gasteiger partial charge on any atom is 0.224 e. The molecule has 2 saturated heterocycles. The van der Waals surface area contributed by atoms with Crippen LogP contribution < -0.4 is 5.32 Å². The Labute approximate surface area is 110 Å². The van der Waals surface area contributed by atoms with Crippen molar-refractivity contribution in [3.05, 3.63) is 0 Å². The van der Waals surface area contributed by atoms with Gasteiger partial charge in [-0.3, -0.25) is 4.79 Å². The Morgan fingerprint density at radius 1 is 1.35 bits per heavy atom. The average Bonchev–Trinajstić information content (AvgIpc) is 2.73. The van der Waals surface area contributed by atoms with Gasteiger partial charge in [0.1, 0.15) is 0 Å². The third kappa shape index (κ3) is 2.19. The molecule has 1 aliphatic carbocycles. The van der Waals surface area contributed by atoms with Gasteiger partial charge in [0, 0.05) is 25.6 Å². The monoisotopic (exact) mass is 258 g/mol. The number of nitrogens with zero attached hydrogens (tertiary/aromatic N) is 1. The van der Waals surface area contributed by atoms with Gasteiger partial charge in [-0.2, -0.15) is 0 Å². The second-order valence-corrected chi connectivity index (χ2v) is 6.33. The van der Waals surface area contributed by atoms with E-state index in [-0.39, 0.29) is 12.4 Å². The van der Waals surface area contributed by atoms with E-state index in [1.807, 2.05) is 0 Å². The number of likely N-dealkylation sites (tertiary alicyclic amines) is 1. The molecule has 1 saturated carbocycles. The maximum absolute atomic E-state index is 12.1. The van der Waals surface area contributed by atoms with Crippen LogP contribution in [0.25, 0.3) is 0 Å². The predicted octanol–water partition coefficient (Wildman–Crippen LogP) is 1.66. The number of amides is 1. The van der Waals surface area contributed by atoms with Gasteiger partial charge in [-0.25, -0.2) is 0 Å². The van der Waals surface area contributed by atoms with Crippen molar-refractivity contribution in [3.8, 4) is 0 Å². The number of carbonyl (C=O) groups is 1. The molecule has 3 rings (SSSR count). The van der Waals surface area contributed by atoms with E-state index in [1.165, 1.54) is 12.8 Å². The minimum Gasteiger partial charge on any atom is -0.342 e. The van der Waals surface area contributed by atoms with Crippen LogP contribution in [0.3, 0.4) is 0 Å². The smallest absolute Gasteiger partial charge is 0.224 e. The van der Waals surface area contributed by atoms with Gasteiger partial charge >= 0.3 is 0 Å². The fourth-order valence-electron chi connectivity index (χ4n) is 3.61. The SMILES string of the molecule is CC1(C)C2CN(C(=O)CC3CCCN3)CC21.Cl. The molecule has 0 spiro atoms. The van der Waals surface area contributed by atoms with Crippen LogP contribution >= 0.6 is 12.4 Å². The van der Waals surface area contributed by atoms with Gasteiger partial charge in [-0.15, -0.1) is 12.4 Å². The van der Waals surface area contributed by atoms with Crippen LogP contribution in [0, 0.1) is 17.3 Å². The maximum atomic E-state index is 12.1. The van der Waals surface area contributed by atoms with Crippen molar-refractivity contribution >= 4 is 18.3 Å². The van der Waals surface area contributed by atoms with Crippen molar-refractivity contribution in [2.45, 2.75) is 39.2 Å². The number of carbonyl (C=O) groups excluding carboxylic acids is 1. The summed E-state index contributed by atoms with van der Waals surface area (Å²) in [5, 5.41) is 3.40. The average molecular weight is 259 g/mol. The van der Waals surface area contributed by atoms with E-state index in [4.69, 9.17) is 0 Å². The lowest BCUT2D eigenvalue weighted by Gasteiger charge is -2.23. The molecule has 0 aromatic carbocycles. The van der Waals surface area contributed by atoms with E-state index in [1.54, 1.807) is 0 Å². The second-order valence-electron chi connectivity index (χ2n) is 6.33. The Bertz CT molecular complexity index is 299. The summed E-state index contributed by atoms with van der Waals surface area (Å²) in [6.07, 6.45) is 3.13. The van der Waals surface area contributed by atoms with Gasteiger partial charge < -0.3 is 10.2 Å². The predicted molar refractivity (Wildman–Crippen MR) is 70.2 cm³/mol. The standard InChI is InChI=1S/C13H22N2O.ClH/c1-13(2)10-7-15(8-11(10)13)12(16)6-9-4-3-5-14-9;/h9-11,14H,3-8H2,1-2H3;1H. The van der Waals surface area contributed by atoms with Crippen molar-refractivity contribution in [1.82, 2.24) is 10.2 Å². The highest BCUT2D eigenvalue weighted by Gasteiger charge is 2.62. The van der Waals surface area contributed by atoms with Crippen molar-refractivity contribution in [3.63, 3.8) is 0 Å². The van der Waals surface area contributed by atoms with Crippen LogP contribution in [0.4, 0.5) is 0 Å². The number of halogens is 1. The summed E-state index contributed by atoms with van der Waals surface area (Å²) < 4.78 is 0. The Morgan fingerprint density at radius 2 is 2.00 bits per heavy atom. The largest absolute Gasteiger partial charge is 0.342 e. The number of nitrogens with one attached hydrogen (secondary N) is 1. The molecule has 0 radical (unpaired) electrons. The lowest BCUT2D eigenvalue weighted by Crippen LogP contribution is -2.36. The quantitative estimate of drug-likeness (QED) is 0.817. The number of piperidine rings is 1. The summed E-state index contributed by atoms with van der Waals surface area (Å²) in [6.45, 7) is 7.80. The van der Waals surface area contributed by atoms with E-state index in [0.29, 0.717) is 17.4 Å². The molecule has 3 atom stereocenters. The molecule has 3 aliphatic rings. The molecule has 3 nitrogen and oxygen atoms in total. The van der Waals surface area contributed by atoms with Crippen molar-refractivity contribution < 1.29 is 4.79 Å². The summed E-state index contributed by atoms with van der Waals surface area (Å²) in [7, 11) is 0. The summed E-state index contributed by atoms with van der Waals surface area (Å²) >= 11 is 0. The zero-order valence-corrected chi connectivity index (χ0v) is 11.6. The van der Waals surface area contributed by atoms with Crippen molar-refractivity contribution in [2.75, 3.05) is 19.6 Å². The minimum absolute atomic E-state index is 0. The zero-order valence-electron chi connectivity index (χ0n) is 10.7.